The molecular formula is C11H21N3O. The molecular weight excluding hydrogens is 190 g/mol. The highest BCUT2D eigenvalue weighted by atomic mass is 16.5. The van der Waals surface area contributed by atoms with Gasteiger partial charge in [-0.25, -0.2) is 0 Å². The van der Waals surface area contributed by atoms with Gasteiger partial charge in [-0.15, -0.1) is 0 Å². The van der Waals surface area contributed by atoms with Crippen molar-refractivity contribution in [2.45, 2.75) is 45.4 Å². The highest BCUT2D eigenvalue weighted by Gasteiger charge is 2.29. The fraction of sp³-hybridized carbons (Fsp3) is 0.909. The second kappa shape index (κ2) is 4.39. The van der Waals surface area contributed by atoms with Crippen molar-refractivity contribution in [1.29, 1.82) is 0 Å². The molecule has 0 aromatic carbocycles. The van der Waals surface area contributed by atoms with Crippen molar-refractivity contribution < 1.29 is 4.74 Å². The summed E-state index contributed by atoms with van der Waals surface area (Å²) in [5.74, 6) is 1.56. The first kappa shape index (κ1) is 10.7. The molecule has 0 radical (unpaired) electrons. The lowest BCUT2D eigenvalue weighted by atomic mass is 10.0. The fourth-order valence-corrected chi connectivity index (χ4v) is 2.29. The van der Waals surface area contributed by atoms with E-state index in [1.807, 2.05) is 0 Å². The summed E-state index contributed by atoms with van der Waals surface area (Å²) in [5, 5.41) is 6.67. The maximum Gasteiger partial charge on any atom is 0.191 e. The van der Waals surface area contributed by atoms with Gasteiger partial charge >= 0.3 is 0 Å². The minimum atomic E-state index is 0.368. The number of aliphatic imine (C=N–C) groups is 1. The van der Waals surface area contributed by atoms with Gasteiger partial charge in [-0.05, 0) is 27.2 Å². The van der Waals surface area contributed by atoms with Gasteiger partial charge in [0.15, 0.2) is 5.96 Å². The molecule has 2 rings (SSSR count). The smallest absolute Gasteiger partial charge is 0.191 e. The van der Waals surface area contributed by atoms with Gasteiger partial charge in [-0.1, -0.05) is 0 Å². The maximum atomic E-state index is 5.71. The largest absolute Gasteiger partial charge is 0.375 e. The number of nitrogens with one attached hydrogen (secondary N) is 2. The average molecular weight is 211 g/mol. The highest BCUT2D eigenvalue weighted by molar-refractivity contribution is 5.81. The van der Waals surface area contributed by atoms with E-state index < -0.39 is 0 Å². The summed E-state index contributed by atoms with van der Waals surface area (Å²) in [4.78, 5) is 4.38. The van der Waals surface area contributed by atoms with E-state index in [0.717, 1.165) is 25.5 Å². The van der Waals surface area contributed by atoms with E-state index in [0.29, 0.717) is 24.2 Å². The summed E-state index contributed by atoms with van der Waals surface area (Å²) in [7, 11) is 0. The van der Waals surface area contributed by atoms with Crippen LogP contribution in [-0.2, 0) is 4.74 Å². The predicted molar refractivity (Wildman–Crippen MR) is 61.0 cm³/mol. The molecule has 4 atom stereocenters. The van der Waals surface area contributed by atoms with Crippen molar-refractivity contribution in [3.05, 3.63) is 0 Å². The molecule has 15 heavy (non-hydrogen) atoms. The monoisotopic (exact) mass is 211 g/mol. The standard InChI is InChI=1S/C11H21N3O/c1-7-5-12-11(14-7)13-6-10-4-8(2)15-9(10)3/h7-10H,4-6H2,1-3H3,(H2,12,13,14). The summed E-state index contributed by atoms with van der Waals surface area (Å²) < 4.78 is 5.71. The second-order valence-electron chi connectivity index (χ2n) is 4.76. The number of nitrogens with zero attached hydrogens (tertiary/aromatic N) is 1. The third-order valence-corrected chi connectivity index (χ3v) is 3.18. The van der Waals surface area contributed by atoms with Crippen LogP contribution in [0.2, 0.25) is 0 Å². The fourth-order valence-electron chi connectivity index (χ4n) is 2.29. The number of guanidine groups is 1. The number of hydrogen-bond donors (Lipinski definition) is 2. The number of rotatable bonds is 2. The highest BCUT2D eigenvalue weighted by Crippen LogP contribution is 2.25. The van der Waals surface area contributed by atoms with Crippen molar-refractivity contribution in [3.8, 4) is 0 Å². The Morgan fingerprint density at radius 3 is 2.80 bits per heavy atom. The van der Waals surface area contributed by atoms with Crippen molar-refractivity contribution >= 4 is 5.96 Å². The van der Waals surface area contributed by atoms with Crippen LogP contribution >= 0.6 is 0 Å². The van der Waals surface area contributed by atoms with Crippen LogP contribution in [0.5, 0.6) is 0 Å². The Hall–Kier alpha value is -0.770. The van der Waals surface area contributed by atoms with E-state index >= 15 is 0 Å². The number of hydrogen-bond acceptors (Lipinski definition) is 4. The van der Waals surface area contributed by atoms with Crippen molar-refractivity contribution in [2.75, 3.05) is 13.1 Å². The molecule has 2 heterocycles. The summed E-state index contributed by atoms with van der Waals surface area (Å²) in [6, 6.07) is 0.476. The molecule has 4 nitrogen and oxygen atoms in total. The van der Waals surface area contributed by atoms with Crippen LogP contribution in [0.3, 0.4) is 0 Å². The van der Waals surface area contributed by atoms with Crippen LogP contribution in [-0.4, -0.2) is 37.3 Å². The Labute approximate surface area is 91.5 Å². The molecule has 0 amide bonds. The molecule has 0 aromatic heterocycles. The van der Waals surface area contributed by atoms with E-state index in [4.69, 9.17) is 4.74 Å². The van der Waals surface area contributed by atoms with Gasteiger partial charge in [-0.2, -0.15) is 0 Å². The zero-order chi connectivity index (χ0) is 10.8. The van der Waals surface area contributed by atoms with Crippen LogP contribution in [0.4, 0.5) is 0 Å². The van der Waals surface area contributed by atoms with E-state index in [-0.39, 0.29) is 0 Å². The van der Waals surface area contributed by atoms with Gasteiger partial charge < -0.3 is 15.4 Å². The van der Waals surface area contributed by atoms with E-state index in [1.165, 1.54) is 0 Å². The third kappa shape index (κ3) is 2.62. The van der Waals surface area contributed by atoms with Crippen LogP contribution in [0.1, 0.15) is 27.2 Å². The van der Waals surface area contributed by atoms with E-state index in [2.05, 4.69) is 36.4 Å². The maximum absolute atomic E-state index is 5.71. The Bertz CT molecular complexity index is 254. The second-order valence-corrected chi connectivity index (χ2v) is 4.76. The normalized spacial score (nSPS) is 40.1. The van der Waals surface area contributed by atoms with Crippen LogP contribution < -0.4 is 10.6 Å². The SMILES string of the molecule is CC1CN=C(NCC2CC(C)OC2C)N1. The zero-order valence-electron chi connectivity index (χ0n) is 9.79. The minimum Gasteiger partial charge on any atom is -0.375 e. The third-order valence-electron chi connectivity index (χ3n) is 3.18. The van der Waals surface area contributed by atoms with Crippen LogP contribution in [0.25, 0.3) is 0 Å². The molecule has 2 aliphatic heterocycles. The van der Waals surface area contributed by atoms with Gasteiger partial charge in [0.25, 0.3) is 0 Å². The predicted octanol–water partition coefficient (Wildman–Crippen LogP) is 0.737. The molecule has 1 fully saturated rings. The Morgan fingerprint density at radius 2 is 2.27 bits per heavy atom. The zero-order valence-corrected chi connectivity index (χ0v) is 9.79. The quantitative estimate of drug-likeness (QED) is 0.708. The molecule has 2 aliphatic rings. The van der Waals surface area contributed by atoms with Crippen molar-refractivity contribution in [2.24, 2.45) is 10.9 Å². The van der Waals surface area contributed by atoms with Gasteiger partial charge in [0.05, 0.1) is 18.8 Å². The van der Waals surface area contributed by atoms with Gasteiger partial charge in [0, 0.05) is 18.5 Å². The molecule has 0 aliphatic carbocycles. The summed E-state index contributed by atoms with van der Waals surface area (Å²) in [5.41, 5.74) is 0. The average Bonchev–Trinajstić information content (AvgIpc) is 2.70. The van der Waals surface area contributed by atoms with Crippen molar-refractivity contribution in [3.63, 3.8) is 0 Å². The molecule has 0 bridgehead atoms. The molecule has 0 spiro atoms. The molecule has 0 saturated carbocycles. The molecule has 2 N–H and O–H groups in total. The summed E-state index contributed by atoms with van der Waals surface area (Å²) in [6.07, 6.45) is 1.92. The van der Waals surface area contributed by atoms with Crippen LogP contribution in [0.15, 0.2) is 4.99 Å². The van der Waals surface area contributed by atoms with Crippen LogP contribution in [0, 0.1) is 5.92 Å². The minimum absolute atomic E-state index is 0.368. The first-order valence-electron chi connectivity index (χ1n) is 5.85. The summed E-state index contributed by atoms with van der Waals surface area (Å²) in [6.45, 7) is 8.29. The Balaban J connectivity index is 1.74. The first-order valence-corrected chi connectivity index (χ1v) is 5.85. The summed E-state index contributed by atoms with van der Waals surface area (Å²) >= 11 is 0. The Kier molecular flexibility index (Phi) is 3.14. The molecule has 0 aromatic rings. The van der Waals surface area contributed by atoms with E-state index in [1.54, 1.807) is 0 Å². The molecule has 4 unspecified atom stereocenters. The van der Waals surface area contributed by atoms with Gasteiger partial charge in [0.2, 0.25) is 0 Å². The molecule has 86 valence electrons. The van der Waals surface area contributed by atoms with E-state index in [9.17, 15) is 0 Å². The molecule has 1 saturated heterocycles. The topological polar surface area (TPSA) is 45.7 Å². The number of ether oxygens (including phenoxy) is 1. The Morgan fingerprint density at radius 1 is 1.47 bits per heavy atom. The lowest BCUT2D eigenvalue weighted by Gasteiger charge is -2.15. The lowest BCUT2D eigenvalue weighted by Crippen LogP contribution is -2.40. The van der Waals surface area contributed by atoms with Crippen molar-refractivity contribution in [1.82, 2.24) is 10.6 Å². The van der Waals surface area contributed by atoms with Gasteiger partial charge in [-0.3, -0.25) is 4.99 Å². The van der Waals surface area contributed by atoms with Gasteiger partial charge in [0.1, 0.15) is 0 Å². The first-order chi connectivity index (χ1) is 7.15. The lowest BCUT2D eigenvalue weighted by molar-refractivity contribution is 0.0565. The molecule has 4 heteroatoms.